The van der Waals surface area contributed by atoms with E-state index >= 15 is 0 Å². The fourth-order valence-corrected chi connectivity index (χ4v) is 1.94. The Bertz CT molecular complexity index is 629. The maximum Gasteiger partial charge on any atom is 0.147 e. The van der Waals surface area contributed by atoms with Crippen LogP contribution >= 0.6 is 0 Å². The summed E-state index contributed by atoms with van der Waals surface area (Å²) in [6, 6.07) is 2.29. The Kier molecular flexibility index (Phi) is 4.12. The molecule has 0 atom stereocenters. The van der Waals surface area contributed by atoms with Crippen LogP contribution in [-0.2, 0) is 6.42 Å². The molecule has 1 aromatic carbocycles. The van der Waals surface area contributed by atoms with Gasteiger partial charge in [0.2, 0.25) is 0 Å². The molecule has 1 aromatic heterocycles. The number of halogens is 2. The number of benzene rings is 1. The van der Waals surface area contributed by atoms with Crippen LogP contribution in [0.4, 0.5) is 26.1 Å². The first-order valence-corrected chi connectivity index (χ1v) is 6.31. The summed E-state index contributed by atoms with van der Waals surface area (Å²) in [5, 5.41) is 5.78. The zero-order valence-electron chi connectivity index (χ0n) is 11.6. The normalized spacial score (nSPS) is 10.4. The van der Waals surface area contributed by atoms with Crippen molar-refractivity contribution in [3.63, 3.8) is 0 Å². The van der Waals surface area contributed by atoms with Crippen LogP contribution in [-0.4, -0.2) is 17.0 Å². The molecular formula is C14H16F2N4. The lowest BCUT2D eigenvalue weighted by molar-refractivity contribution is 0.595. The summed E-state index contributed by atoms with van der Waals surface area (Å²) >= 11 is 0. The van der Waals surface area contributed by atoms with Gasteiger partial charge in [0.15, 0.2) is 0 Å². The van der Waals surface area contributed by atoms with Gasteiger partial charge < -0.3 is 10.6 Å². The highest BCUT2D eigenvalue weighted by Gasteiger charge is 2.12. The Morgan fingerprint density at radius 3 is 2.45 bits per heavy atom. The van der Waals surface area contributed by atoms with E-state index < -0.39 is 11.6 Å². The Labute approximate surface area is 116 Å². The fraction of sp³-hybridized carbons (Fsp3) is 0.286. The number of hydrogen-bond donors (Lipinski definition) is 2. The van der Waals surface area contributed by atoms with E-state index in [2.05, 4.69) is 20.6 Å². The van der Waals surface area contributed by atoms with Crippen molar-refractivity contribution in [1.29, 1.82) is 0 Å². The number of nitrogens with zero attached hydrogens (tertiary/aromatic N) is 2. The Balaban J connectivity index is 2.42. The van der Waals surface area contributed by atoms with Crippen molar-refractivity contribution < 1.29 is 8.78 Å². The Morgan fingerprint density at radius 2 is 1.80 bits per heavy atom. The SMILES string of the molecule is CCc1c(NC)ncnc1Nc1cc(F)c(C)cc1F. The largest absolute Gasteiger partial charge is 0.373 e. The average Bonchev–Trinajstić information content (AvgIpc) is 2.44. The third-order valence-corrected chi connectivity index (χ3v) is 3.04. The van der Waals surface area contributed by atoms with Crippen molar-refractivity contribution in [2.75, 3.05) is 17.7 Å². The maximum absolute atomic E-state index is 13.8. The third kappa shape index (κ3) is 2.68. The van der Waals surface area contributed by atoms with Gasteiger partial charge in [0.25, 0.3) is 0 Å². The summed E-state index contributed by atoms with van der Waals surface area (Å²) in [5.41, 5.74) is 1.14. The predicted octanol–water partition coefficient (Wildman–Crippen LogP) is 3.41. The molecule has 0 radical (unpaired) electrons. The van der Waals surface area contributed by atoms with Crippen LogP contribution in [0.15, 0.2) is 18.5 Å². The minimum absolute atomic E-state index is 0.0588. The third-order valence-electron chi connectivity index (χ3n) is 3.04. The van der Waals surface area contributed by atoms with Gasteiger partial charge in [0.05, 0.1) is 5.69 Å². The average molecular weight is 278 g/mol. The molecule has 2 N–H and O–H groups in total. The van der Waals surface area contributed by atoms with Gasteiger partial charge in [-0.15, -0.1) is 0 Å². The second kappa shape index (κ2) is 5.81. The zero-order valence-corrected chi connectivity index (χ0v) is 11.6. The number of rotatable bonds is 4. The number of aryl methyl sites for hydroxylation is 1. The summed E-state index contributed by atoms with van der Waals surface area (Å²) in [7, 11) is 1.75. The van der Waals surface area contributed by atoms with Gasteiger partial charge in [0.1, 0.15) is 29.6 Å². The highest BCUT2D eigenvalue weighted by molar-refractivity contribution is 5.65. The van der Waals surface area contributed by atoms with E-state index in [0.717, 1.165) is 17.7 Å². The van der Waals surface area contributed by atoms with Crippen LogP contribution in [0.25, 0.3) is 0 Å². The molecule has 0 fully saturated rings. The number of anilines is 3. The summed E-state index contributed by atoms with van der Waals surface area (Å²) in [6.45, 7) is 3.46. The first kappa shape index (κ1) is 14.2. The van der Waals surface area contributed by atoms with E-state index in [9.17, 15) is 8.78 Å². The first-order chi connectivity index (χ1) is 9.56. The molecule has 6 heteroatoms. The molecule has 0 aliphatic carbocycles. The summed E-state index contributed by atoms with van der Waals surface area (Å²) in [4.78, 5) is 8.19. The van der Waals surface area contributed by atoms with Gasteiger partial charge in [-0.2, -0.15) is 0 Å². The molecule has 106 valence electrons. The molecule has 2 aromatic rings. The van der Waals surface area contributed by atoms with Crippen LogP contribution in [0.1, 0.15) is 18.1 Å². The van der Waals surface area contributed by atoms with Crippen LogP contribution in [0.2, 0.25) is 0 Å². The van der Waals surface area contributed by atoms with Crippen LogP contribution < -0.4 is 10.6 Å². The predicted molar refractivity (Wildman–Crippen MR) is 75.3 cm³/mol. The van der Waals surface area contributed by atoms with Crippen LogP contribution in [0.3, 0.4) is 0 Å². The molecule has 0 saturated heterocycles. The van der Waals surface area contributed by atoms with Crippen molar-refractivity contribution in [1.82, 2.24) is 9.97 Å². The van der Waals surface area contributed by atoms with Crippen molar-refractivity contribution in [2.45, 2.75) is 20.3 Å². The number of nitrogens with one attached hydrogen (secondary N) is 2. The van der Waals surface area contributed by atoms with Crippen molar-refractivity contribution >= 4 is 17.3 Å². The topological polar surface area (TPSA) is 49.8 Å². The van der Waals surface area contributed by atoms with Gasteiger partial charge in [-0.25, -0.2) is 18.7 Å². The molecule has 0 bridgehead atoms. The van der Waals surface area contributed by atoms with Gasteiger partial charge in [0, 0.05) is 18.7 Å². The second-order valence-corrected chi connectivity index (χ2v) is 4.36. The lowest BCUT2D eigenvalue weighted by Gasteiger charge is -2.13. The van der Waals surface area contributed by atoms with E-state index in [1.807, 2.05) is 6.92 Å². The first-order valence-electron chi connectivity index (χ1n) is 6.31. The number of hydrogen-bond acceptors (Lipinski definition) is 4. The fourth-order valence-electron chi connectivity index (χ4n) is 1.94. The molecule has 0 amide bonds. The van der Waals surface area contributed by atoms with Gasteiger partial charge >= 0.3 is 0 Å². The quantitative estimate of drug-likeness (QED) is 0.899. The molecule has 2 rings (SSSR count). The lowest BCUT2D eigenvalue weighted by atomic mass is 10.2. The minimum atomic E-state index is -0.518. The monoisotopic (exact) mass is 278 g/mol. The van der Waals surface area contributed by atoms with Crippen LogP contribution in [0.5, 0.6) is 0 Å². The van der Waals surface area contributed by atoms with E-state index in [0.29, 0.717) is 18.1 Å². The molecule has 0 aliphatic rings. The number of aromatic nitrogens is 2. The molecule has 0 spiro atoms. The molecular weight excluding hydrogens is 262 g/mol. The summed E-state index contributed by atoms with van der Waals surface area (Å²) < 4.78 is 27.4. The highest BCUT2D eigenvalue weighted by atomic mass is 19.1. The summed E-state index contributed by atoms with van der Waals surface area (Å²) in [6.07, 6.45) is 2.03. The Morgan fingerprint density at radius 1 is 1.10 bits per heavy atom. The van der Waals surface area contributed by atoms with Crippen molar-refractivity contribution in [3.05, 3.63) is 41.2 Å². The molecule has 20 heavy (non-hydrogen) atoms. The van der Waals surface area contributed by atoms with Gasteiger partial charge in [-0.3, -0.25) is 0 Å². The molecule has 1 heterocycles. The molecule has 0 saturated carbocycles. The minimum Gasteiger partial charge on any atom is -0.373 e. The molecule has 0 unspecified atom stereocenters. The maximum atomic E-state index is 13.8. The summed E-state index contributed by atoms with van der Waals surface area (Å²) in [5.74, 6) is 0.150. The van der Waals surface area contributed by atoms with E-state index in [1.54, 1.807) is 7.05 Å². The second-order valence-electron chi connectivity index (χ2n) is 4.36. The lowest BCUT2D eigenvalue weighted by Crippen LogP contribution is -2.06. The molecule has 0 aliphatic heterocycles. The molecule has 4 nitrogen and oxygen atoms in total. The van der Waals surface area contributed by atoms with E-state index in [-0.39, 0.29) is 11.3 Å². The van der Waals surface area contributed by atoms with Crippen LogP contribution in [0, 0.1) is 18.6 Å². The van der Waals surface area contributed by atoms with Gasteiger partial charge in [-0.1, -0.05) is 6.92 Å². The smallest absolute Gasteiger partial charge is 0.147 e. The van der Waals surface area contributed by atoms with E-state index in [4.69, 9.17) is 0 Å². The van der Waals surface area contributed by atoms with Crippen molar-refractivity contribution in [3.8, 4) is 0 Å². The van der Waals surface area contributed by atoms with E-state index in [1.165, 1.54) is 13.3 Å². The van der Waals surface area contributed by atoms with Gasteiger partial charge in [-0.05, 0) is 25.0 Å². The Hall–Kier alpha value is -2.24. The highest BCUT2D eigenvalue weighted by Crippen LogP contribution is 2.26. The zero-order chi connectivity index (χ0) is 14.7. The van der Waals surface area contributed by atoms with Crippen molar-refractivity contribution in [2.24, 2.45) is 0 Å². The standard InChI is InChI=1S/C14H16F2N4/c1-4-9-13(17-3)18-7-19-14(9)20-12-6-10(15)8(2)5-11(12)16/h5-7H,4H2,1-3H3,(H2,17,18,19,20).